The number of carbonyl (C=O) groups is 1. The van der Waals surface area contributed by atoms with Crippen molar-refractivity contribution in [3.8, 4) is 0 Å². The minimum atomic E-state index is 0.183. The van der Waals surface area contributed by atoms with Crippen LogP contribution < -0.4 is 0 Å². The van der Waals surface area contributed by atoms with Crippen LogP contribution in [0.1, 0.15) is 48.0 Å². The summed E-state index contributed by atoms with van der Waals surface area (Å²) in [7, 11) is 0. The summed E-state index contributed by atoms with van der Waals surface area (Å²) in [5, 5.41) is 14.5. The zero-order valence-electron chi connectivity index (χ0n) is 19.5. The summed E-state index contributed by atoms with van der Waals surface area (Å²) in [6.45, 7) is 5.59. The molecule has 1 amide bonds. The molecular formula is C26H27N7O. The highest BCUT2D eigenvalue weighted by Crippen LogP contribution is 2.27. The lowest BCUT2D eigenvalue weighted by molar-refractivity contribution is -0.132. The second-order valence-electron chi connectivity index (χ2n) is 9.18. The van der Waals surface area contributed by atoms with Crippen LogP contribution in [0.3, 0.4) is 0 Å². The molecule has 1 aliphatic rings. The van der Waals surface area contributed by atoms with Crippen molar-refractivity contribution >= 4 is 28.1 Å². The van der Waals surface area contributed by atoms with Crippen molar-refractivity contribution in [2.75, 3.05) is 13.1 Å². The van der Waals surface area contributed by atoms with E-state index >= 15 is 0 Å². The van der Waals surface area contributed by atoms with Gasteiger partial charge in [0.2, 0.25) is 5.91 Å². The normalized spacial score (nSPS) is 16.6. The molecule has 0 saturated carbocycles. The van der Waals surface area contributed by atoms with E-state index in [9.17, 15) is 4.79 Å². The molecule has 0 N–H and O–H groups in total. The van der Waals surface area contributed by atoms with Gasteiger partial charge in [-0.1, -0.05) is 18.2 Å². The SMILES string of the molecule is Cc1nc2c3ccccc3nn2c(C)c1CCC(=O)N1CCC[C@H](c2nnc3ccccn23)C1. The molecule has 0 unspecified atom stereocenters. The van der Waals surface area contributed by atoms with Crippen LogP contribution in [0.5, 0.6) is 0 Å². The van der Waals surface area contributed by atoms with Crippen molar-refractivity contribution in [1.29, 1.82) is 0 Å². The largest absolute Gasteiger partial charge is 0.342 e. The summed E-state index contributed by atoms with van der Waals surface area (Å²) in [4.78, 5) is 20.1. The lowest BCUT2D eigenvalue weighted by Crippen LogP contribution is -2.39. The van der Waals surface area contributed by atoms with Crippen LogP contribution in [0.25, 0.3) is 22.2 Å². The number of benzene rings is 1. The Hall–Kier alpha value is -3.81. The van der Waals surface area contributed by atoms with Gasteiger partial charge in [0, 0.05) is 48.4 Å². The minimum Gasteiger partial charge on any atom is -0.342 e. The van der Waals surface area contributed by atoms with Crippen LogP contribution in [-0.4, -0.2) is 53.1 Å². The molecule has 8 nitrogen and oxygen atoms in total. The van der Waals surface area contributed by atoms with E-state index in [-0.39, 0.29) is 11.8 Å². The van der Waals surface area contributed by atoms with Gasteiger partial charge < -0.3 is 4.90 Å². The summed E-state index contributed by atoms with van der Waals surface area (Å²) >= 11 is 0. The second-order valence-corrected chi connectivity index (χ2v) is 9.18. The average molecular weight is 454 g/mol. The van der Waals surface area contributed by atoms with Crippen LogP contribution in [-0.2, 0) is 11.2 Å². The second kappa shape index (κ2) is 8.20. The first kappa shape index (κ1) is 20.8. The summed E-state index contributed by atoms with van der Waals surface area (Å²) in [6, 6.07) is 14.0. The fraction of sp³-hybridized carbons (Fsp3) is 0.346. The van der Waals surface area contributed by atoms with Crippen molar-refractivity contribution in [2.45, 2.75) is 45.4 Å². The first-order chi connectivity index (χ1) is 16.6. The Labute approximate surface area is 197 Å². The highest BCUT2D eigenvalue weighted by molar-refractivity contribution is 5.92. The zero-order chi connectivity index (χ0) is 23.2. The molecule has 4 aromatic heterocycles. The maximum absolute atomic E-state index is 13.2. The van der Waals surface area contributed by atoms with E-state index in [1.807, 2.05) is 63.3 Å². The number of hydrogen-bond donors (Lipinski definition) is 0. The van der Waals surface area contributed by atoms with Crippen molar-refractivity contribution in [2.24, 2.45) is 0 Å². The number of pyridine rings is 1. The van der Waals surface area contributed by atoms with E-state index in [1.165, 1.54) is 0 Å². The molecule has 1 fully saturated rings. The number of carbonyl (C=O) groups excluding carboxylic acids is 1. The maximum Gasteiger partial charge on any atom is 0.222 e. The Morgan fingerprint density at radius 2 is 1.94 bits per heavy atom. The van der Waals surface area contributed by atoms with Crippen molar-refractivity contribution in [1.82, 2.24) is 34.1 Å². The molecule has 8 heteroatoms. The van der Waals surface area contributed by atoms with Gasteiger partial charge in [0.25, 0.3) is 0 Å². The number of likely N-dealkylation sites (tertiary alicyclic amines) is 1. The van der Waals surface area contributed by atoms with Crippen LogP contribution >= 0.6 is 0 Å². The Kier molecular flexibility index (Phi) is 5.01. The van der Waals surface area contributed by atoms with Gasteiger partial charge in [0.05, 0.1) is 5.52 Å². The Bertz CT molecular complexity index is 1530. The van der Waals surface area contributed by atoms with E-state index in [1.54, 1.807) is 0 Å². The molecule has 1 aromatic carbocycles. The van der Waals surface area contributed by atoms with E-state index < -0.39 is 0 Å². The first-order valence-electron chi connectivity index (χ1n) is 11.9. The number of piperidine rings is 1. The fourth-order valence-electron chi connectivity index (χ4n) is 5.28. The van der Waals surface area contributed by atoms with Crippen LogP contribution in [0.15, 0.2) is 48.7 Å². The number of rotatable bonds is 4. The Morgan fingerprint density at radius 3 is 2.85 bits per heavy atom. The monoisotopic (exact) mass is 453 g/mol. The predicted octanol–water partition coefficient (Wildman–Crippen LogP) is 3.88. The molecule has 1 atom stereocenters. The van der Waals surface area contributed by atoms with Crippen LogP contribution in [0, 0.1) is 13.8 Å². The third-order valence-corrected chi connectivity index (χ3v) is 7.09. The van der Waals surface area contributed by atoms with E-state index in [0.717, 1.165) is 64.4 Å². The van der Waals surface area contributed by atoms with Crippen molar-refractivity contribution in [3.05, 3.63) is 71.4 Å². The Balaban J connectivity index is 1.20. The number of nitrogens with zero attached hydrogens (tertiary/aromatic N) is 7. The van der Waals surface area contributed by atoms with Gasteiger partial charge in [0.15, 0.2) is 11.3 Å². The predicted molar refractivity (Wildman–Crippen MR) is 130 cm³/mol. The van der Waals surface area contributed by atoms with E-state index in [4.69, 9.17) is 10.1 Å². The van der Waals surface area contributed by atoms with Crippen LogP contribution in [0.2, 0.25) is 0 Å². The van der Waals surface area contributed by atoms with E-state index in [0.29, 0.717) is 19.4 Å². The quantitative estimate of drug-likeness (QED) is 0.413. The van der Waals surface area contributed by atoms with E-state index in [2.05, 4.69) is 23.2 Å². The Morgan fingerprint density at radius 1 is 1.09 bits per heavy atom. The van der Waals surface area contributed by atoms with Gasteiger partial charge in [-0.15, -0.1) is 10.2 Å². The summed E-state index contributed by atoms with van der Waals surface area (Å²) in [5.74, 6) is 1.33. The molecule has 1 aliphatic heterocycles. The number of aryl methyl sites for hydroxylation is 2. The lowest BCUT2D eigenvalue weighted by atomic mass is 9.96. The van der Waals surface area contributed by atoms with Gasteiger partial charge in [-0.25, -0.2) is 9.50 Å². The maximum atomic E-state index is 13.2. The fourth-order valence-corrected chi connectivity index (χ4v) is 5.28. The molecule has 0 spiro atoms. The first-order valence-corrected chi connectivity index (χ1v) is 11.9. The molecule has 0 radical (unpaired) electrons. The molecule has 5 heterocycles. The van der Waals surface area contributed by atoms with Gasteiger partial charge >= 0.3 is 0 Å². The third kappa shape index (κ3) is 3.41. The molecule has 0 aliphatic carbocycles. The smallest absolute Gasteiger partial charge is 0.222 e. The summed E-state index contributed by atoms with van der Waals surface area (Å²) in [5.41, 5.74) is 5.78. The molecule has 5 aromatic rings. The highest BCUT2D eigenvalue weighted by Gasteiger charge is 2.28. The molecule has 34 heavy (non-hydrogen) atoms. The standard InChI is InChI=1S/C26H27N7O/c1-17-20(18(2)33-26(27-17)21-9-3-4-10-22(21)30-33)12-13-24(34)31-14-7-8-19(16-31)25-29-28-23-11-5-6-15-32(23)25/h3-6,9-11,15,19H,7-8,12-14,16H2,1-2H3/t19-/m0/s1. The topological polar surface area (TPSA) is 80.7 Å². The van der Waals surface area contributed by atoms with Gasteiger partial charge in [0.1, 0.15) is 5.82 Å². The average Bonchev–Trinajstić information content (AvgIpc) is 3.46. The van der Waals surface area contributed by atoms with Crippen molar-refractivity contribution < 1.29 is 4.79 Å². The molecule has 6 rings (SSSR count). The highest BCUT2D eigenvalue weighted by atomic mass is 16.2. The minimum absolute atomic E-state index is 0.183. The van der Waals surface area contributed by atoms with Gasteiger partial charge in [-0.05, 0) is 62.9 Å². The molecule has 0 bridgehead atoms. The molecular weight excluding hydrogens is 426 g/mol. The number of aromatic nitrogens is 6. The van der Waals surface area contributed by atoms with Crippen LogP contribution in [0.4, 0.5) is 0 Å². The summed E-state index contributed by atoms with van der Waals surface area (Å²) < 4.78 is 3.96. The zero-order valence-corrected chi connectivity index (χ0v) is 19.5. The lowest BCUT2D eigenvalue weighted by Gasteiger charge is -2.32. The van der Waals surface area contributed by atoms with Crippen molar-refractivity contribution in [3.63, 3.8) is 0 Å². The number of hydrogen-bond acceptors (Lipinski definition) is 5. The van der Waals surface area contributed by atoms with Gasteiger partial charge in [-0.2, -0.15) is 5.10 Å². The summed E-state index contributed by atoms with van der Waals surface area (Å²) in [6.07, 6.45) is 5.11. The molecule has 172 valence electrons. The molecule has 1 saturated heterocycles. The third-order valence-electron chi connectivity index (χ3n) is 7.09. The number of amides is 1. The number of fused-ring (bicyclic) bond motifs is 4. The van der Waals surface area contributed by atoms with Gasteiger partial charge in [-0.3, -0.25) is 9.20 Å².